The molecule has 0 bridgehead atoms. The standard InChI is InChI=1S/C23H26N4O/c1-16-6-7-18(14-17(16)2)22-15-21(25-26(22)3)23(28)24-19-8-10-20(11-9-19)27-12-4-5-13-27/h6-11,14-15H,4-5,12-13H2,1-3H3,(H,24,28). The Balaban J connectivity index is 1.50. The van der Waals surface area contributed by atoms with Crippen LogP contribution in [0, 0.1) is 13.8 Å². The van der Waals surface area contributed by atoms with E-state index in [2.05, 4.69) is 59.5 Å². The van der Waals surface area contributed by atoms with Gasteiger partial charge in [-0.3, -0.25) is 9.48 Å². The number of nitrogens with one attached hydrogen (secondary N) is 1. The fourth-order valence-corrected chi connectivity index (χ4v) is 3.68. The van der Waals surface area contributed by atoms with Gasteiger partial charge in [0.2, 0.25) is 0 Å². The normalized spacial score (nSPS) is 13.8. The summed E-state index contributed by atoms with van der Waals surface area (Å²) in [7, 11) is 1.87. The predicted molar refractivity (Wildman–Crippen MR) is 114 cm³/mol. The molecule has 3 aromatic rings. The van der Waals surface area contributed by atoms with Crippen LogP contribution in [0.5, 0.6) is 0 Å². The monoisotopic (exact) mass is 374 g/mol. The molecule has 1 aliphatic heterocycles. The van der Waals surface area contributed by atoms with Crippen LogP contribution in [0.2, 0.25) is 0 Å². The van der Waals surface area contributed by atoms with Gasteiger partial charge in [-0.05, 0) is 74.2 Å². The van der Waals surface area contributed by atoms with E-state index in [0.29, 0.717) is 5.69 Å². The Hall–Kier alpha value is -3.08. The Morgan fingerprint density at radius 3 is 2.36 bits per heavy atom. The molecule has 0 atom stereocenters. The molecule has 28 heavy (non-hydrogen) atoms. The Labute approximate surface area is 166 Å². The van der Waals surface area contributed by atoms with Crippen molar-refractivity contribution in [1.29, 1.82) is 0 Å². The molecule has 0 radical (unpaired) electrons. The van der Waals surface area contributed by atoms with Gasteiger partial charge in [-0.15, -0.1) is 0 Å². The minimum absolute atomic E-state index is 0.195. The summed E-state index contributed by atoms with van der Waals surface area (Å²) in [4.78, 5) is 15.1. The van der Waals surface area contributed by atoms with Crippen LogP contribution in [0.4, 0.5) is 11.4 Å². The van der Waals surface area contributed by atoms with Crippen molar-refractivity contribution in [3.05, 3.63) is 65.4 Å². The van der Waals surface area contributed by atoms with Crippen LogP contribution in [0.3, 0.4) is 0 Å². The summed E-state index contributed by atoms with van der Waals surface area (Å²) in [5, 5.41) is 7.37. The van der Waals surface area contributed by atoms with Gasteiger partial charge in [-0.25, -0.2) is 0 Å². The zero-order chi connectivity index (χ0) is 19.7. The molecule has 1 saturated heterocycles. The quantitative estimate of drug-likeness (QED) is 0.728. The molecule has 1 aromatic heterocycles. The van der Waals surface area contributed by atoms with Crippen molar-refractivity contribution >= 4 is 17.3 Å². The zero-order valence-electron chi connectivity index (χ0n) is 16.7. The molecule has 2 aromatic carbocycles. The number of carbonyl (C=O) groups excluding carboxylic acids is 1. The van der Waals surface area contributed by atoms with Crippen molar-refractivity contribution in [2.45, 2.75) is 26.7 Å². The van der Waals surface area contributed by atoms with Gasteiger partial charge in [-0.1, -0.05) is 12.1 Å². The van der Waals surface area contributed by atoms with Crippen LogP contribution in [-0.2, 0) is 7.05 Å². The van der Waals surface area contributed by atoms with Crippen molar-refractivity contribution in [1.82, 2.24) is 9.78 Å². The minimum atomic E-state index is -0.195. The molecule has 0 saturated carbocycles. The van der Waals surface area contributed by atoms with E-state index in [1.807, 2.05) is 25.2 Å². The van der Waals surface area contributed by atoms with Crippen LogP contribution in [0.1, 0.15) is 34.5 Å². The second-order valence-corrected chi connectivity index (χ2v) is 7.53. The highest BCUT2D eigenvalue weighted by Crippen LogP contribution is 2.24. The van der Waals surface area contributed by atoms with Crippen molar-refractivity contribution in [3.63, 3.8) is 0 Å². The lowest BCUT2D eigenvalue weighted by molar-refractivity contribution is 0.102. The first-order chi connectivity index (χ1) is 13.5. The van der Waals surface area contributed by atoms with Crippen molar-refractivity contribution in [2.24, 2.45) is 7.05 Å². The zero-order valence-corrected chi connectivity index (χ0v) is 16.7. The number of rotatable bonds is 4. The Morgan fingerprint density at radius 2 is 1.68 bits per heavy atom. The van der Waals surface area contributed by atoms with Crippen molar-refractivity contribution in [2.75, 3.05) is 23.3 Å². The summed E-state index contributed by atoms with van der Waals surface area (Å²) in [5.74, 6) is -0.195. The fourth-order valence-electron chi connectivity index (χ4n) is 3.68. The van der Waals surface area contributed by atoms with E-state index in [4.69, 9.17) is 0 Å². The average Bonchev–Trinajstić information content (AvgIpc) is 3.35. The third-order valence-electron chi connectivity index (χ3n) is 5.51. The average molecular weight is 374 g/mol. The minimum Gasteiger partial charge on any atom is -0.372 e. The molecule has 4 rings (SSSR count). The maximum atomic E-state index is 12.7. The van der Waals surface area contributed by atoms with Gasteiger partial charge in [-0.2, -0.15) is 5.10 Å². The summed E-state index contributed by atoms with van der Waals surface area (Å²) in [6, 6.07) is 16.2. The molecule has 2 heterocycles. The third-order valence-corrected chi connectivity index (χ3v) is 5.51. The molecule has 1 N–H and O–H groups in total. The largest absolute Gasteiger partial charge is 0.372 e. The molecular formula is C23H26N4O. The van der Waals surface area contributed by atoms with E-state index in [1.54, 1.807) is 4.68 Å². The van der Waals surface area contributed by atoms with Gasteiger partial charge in [0.25, 0.3) is 5.91 Å². The van der Waals surface area contributed by atoms with Crippen LogP contribution < -0.4 is 10.2 Å². The molecule has 1 fully saturated rings. The maximum absolute atomic E-state index is 12.7. The van der Waals surface area contributed by atoms with Crippen LogP contribution >= 0.6 is 0 Å². The topological polar surface area (TPSA) is 50.2 Å². The number of amides is 1. The summed E-state index contributed by atoms with van der Waals surface area (Å²) in [5.41, 5.74) is 6.88. The summed E-state index contributed by atoms with van der Waals surface area (Å²) >= 11 is 0. The summed E-state index contributed by atoms with van der Waals surface area (Å²) in [6.07, 6.45) is 2.50. The maximum Gasteiger partial charge on any atom is 0.276 e. The third kappa shape index (κ3) is 3.65. The van der Waals surface area contributed by atoms with Gasteiger partial charge in [0, 0.05) is 37.1 Å². The van der Waals surface area contributed by atoms with Crippen LogP contribution in [-0.4, -0.2) is 28.8 Å². The van der Waals surface area contributed by atoms with Crippen molar-refractivity contribution < 1.29 is 4.79 Å². The first-order valence-corrected chi connectivity index (χ1v) is 9.79. The molecule has 0 spiro atoms. The molecule has 1 amide bonds. The second-order valence-electron chi connectivity index (χ2n) is 7.53. The van der Waals surface area contributed by atoms with Gasteiger partial charge in [0.15, 0.2) is 5.69 Å². The Kier molecular flexibility index (Phi) is 4.90. The Morgan fingerprint density at radius 1 is 0.964 bits per heavy atom. The highest BCUT2D eigenvalue weighted by atomic mass is 16.1. The molecular weight excluding hydrogens is 348 g/mol. The molecule has 0 unspecified atom stereocenters. The van der Waals surface area contributed by atoms with Crippen LogP contribution in [0.25, 0.3) is 11.3 Å². The van der Waals surface area contributed by atoms with E-state index in [9.17, 15) is 4.79 Å². The van der Waals surface area contributed by atoms with E-state index in [1.165, 1.54) is 29.7 Å². The van der Waals surface area contributed by atoms with Crippen LogP contribution in [0.15, 0.2) is 48.5 Å². The van der Waals surface area contributed by atoms with Gasteiger partial charge in [0.1, 0.15) is 0 Å². The van der Waals surface area contributed by atoms with E-state index < -0.39 is 0 Å². The second kappa shape index (κ2) is 7.50. The van der Waals surface area contributed by atoms with Gasteiger partial charge in [0.05, 0.1) is 5.69 Å². The fraction of sp³-hybridized carbons (Fsp3) is 0.304. The smallest absolute Gasteiger partial charge is 0.276 e. The highest BCUT2D eigenvalue weighted by molar-refractivity contribution is 6.03. The molecule has 1 aliphatic rings. The van der Waals surface area contributed by atoms with E-state index in [0.717, 1.165) is 30.0 Å². The predicted octanol–water partition coefficient (Wildman–Crippen LogP) is 4.56. The number of hydrogen-bond acceptors (Lipinski definition) is 3. The molecule has 144 valence electrons. The number of benzene rings is 2. The highest BCUT2D eigenvalue weighted by Gasteiger charge is 2.16. The number of anilines is 2. The first-order valence-electron chi connectivity index (χ1n) is 9.79. The number of carbonyl (C=O) groups is 1. The summed E-state index contributed by atoms with van der Waals surface area (Å²) < 4.78 is 1.76. The number of nitrogens with zero attached hydrogens (tertiary/aromatic N) is 3. The lowest BCUT2D eigenvalue weighted by atomic mass is 10.0. The molecule has 0 aliphatic carbocycles. The SMILES string of the molecule is Cc1ccc(-c2cc(C(=O)Nc3ccc(N4CCCC4)cc3)nn2C)cc1C. The van der Waals surface area contributed by atoms with E-state index in [-0.39, 0.29) is 5.91 Å². The lowest BCUT2D eigenvalue weighted by Gasteiger charge is -2.17. The summed E-state index contributed by atoms with van der Waals surface area (Å²) in [6.45, 7) is 6.41. The first kappa shape index (κ1) is 18.3. The van der Waals surface area contributed by atoms with Gasteiger partial charge < -0.3 is 10.2 Å². The van der Waals surface area contributed by atoms with E-state index >= 15 is 0 Å². The van der Waals surface area contributed by atoms with Crippen molar-refractivity contribution in [3.8, 4) is 11.3 Å². The molecule has 5 heteroatoms. The lowest BCUT2D eigenvalue weighted by Crippen LogP contribution is -2.17. The Bertz CT molecular complexity index is 998. The van der Waals surface area contributed by atoms with Gasteiger partial charge >= 0.3 is 0 Å². The molecule has 5 nitrogen and oxygen atoms in total. The number of hydrogen-bond donors (Lipinski definition) is 1. The number of aryl methyl sites for hydroxylation is 3. The number of aromatic nitrogens is 2.